The van der Waals surface area contributed by atoms with Crippen molar-refractivity contribution in [2.24, 2.45) is 5.41 Å². The second-order valence-corrected chi connectivity index (χ2v) is 10.7. The van der Waals surface area contributed by atoms with E-state index in [0.717, 1.165) is 13.0 Å². The Hall–Kier alpha value is -2.49. The molecule has 0 radical (unpaired) electrons. The van der Waals surface area contributed by atoms with Gasteiger partial charge in [-0.15, -0.1) is 0 Å². The molecule has 4 rings (SSSR count). The van der Waals surface area contributed by atoms with Crippen LogP contribution in [0.25, 0.3) is 11.4 Å². The first-order valence-corrected chi connectivity index (χ1v) is 12.3. The zero-order valence-electron chi connectivity index (χ0n) is 20.7. The lowest BCUT2D eigenvalue weighted by molar-refractivity contribution is -0.139. The zero-order valence-corrected chi connectivity index (χ0v) is 21.5. The second-order valence-electron chi connectivity index (χ2n) is 10.3. The standard InChI is InChI=1S/C25H33ClFN5O3/c1-25(2,3)21(24(34)31-10-12-35-13-11-31)29-23(33)20-19-15-30(4)8-5-9-32(19)22(28-20)17-7-6-16(26)14-18(17)27/h6-7,14,21H,5,8-13,15H2,1-4H3,(H,29,33). The van der Waals surface area contributed by atoms with Crippen molar-refractivity contribution in [1.29, 1.82) is 0 Å². The van der Waals surface area contributed by atoms with Gasteiger partial charge in [0.05, 0.1) is 24.5 Å². The van der Waals surface area contributed by atoms with E-state index in [1.165, 1.54) is 6.07 Å². The topological polar surface area (TPSA) is 79.7 Å². The number of morpholine rings is 1. The molecule has 8 nitrogen and oxygen atoms in total. The molecule has 1 aromatic heterocycles. The smallest absolute Gasteiger partial charge is 0.272 e. The molecule has 190 valence electrons. The molecule has 1 saturated heterocycles. The third-order valence-electron chi connectivity index (χ3n) is 6.51. The fourth-order valence-electron chi connectivity index (χ4n) is 4.59. The summed E-state index contributed by atoms with van der Waals surface area (Å²) in [5.74, 6) is -0.682. The molecule has 1 atom stereocenters. The van der Waals surface area contributed by atoms with Crippen LogP contribution < -0.4 is 5.32 Å². The Morgan fingerprint density at radius 1 is 1.17 bits per heavy atom. The molecule has 2 amide bonds. The van der Waals surface area contributed by atoms with Gasteiger partial charge in [0, 0.05) is 31.2 Å². The molecule has 1 fully saturated rings. The van der Waals surface area contributed by atoms with Crippen LogP contribution in [-0.4, -0.2) is 77.1 Å². The van der Waals surface area contributed by atoms with Gasteiger partial charge in [-0.05, 0) is 43.6 Å². The van der Waals surface area contributed by atoms with E-state index in [4.69, 9.17) is 16.3 Å². The number of nitrogens with one attached hydrogen (secondary N) is 1. The van der Waals surface area contributed by atoms with Gasteiger partial charge >= 0.3 is 0 Å². The normalized spacial score (nSPS) is 18.1. The summed E-state index contributed by atoms with van der Waals surface area (Å²) in [5.41, 5.74) is 0.686. The number of benzene rings is 1. The van der Waals surface area contributed by atoms with Gasteiger partial charge in [0.25, 0.3) is 5.91 Å². The average Bonchev–Trinajstić information content (AvgIpc) is 3.02. The molecular weight excluding hydrogens is 473 g/mol. The van der Waals surface area contributed by atoms with Crippen molar-refractivity contribution in [1.82, 2.24) is 24.7 Å². The quantitative estimate of drug-likeness (QED) is 0.690. The fourth-order valence-corrected chi connectivity index (χ4v) is 4.75. The summed E-state index contributed by atoms with van der Waals surface area (Å²) in [6, 6.07) is 3.70. The fraction of sp³-hybridized carbons (Fsp3) is 0.560. The van der Waals surface area contributed by atoms with E-state index in [2.05, 4.69) is 15.2 Å². The number of rotatable bonds is 4. The van der Waals surface area contributed by atoms with E-state index < -0.39 is 23.2 Å². The monoisotopic (exact) mass is 505 g/mol. The molecule has 0 aliphatic carbocycles. The molecule has 0 spiro atoms. The number of amides is 2. The minimum Gasteiger partial charge on any atom is -0.378 e. The van der Waals surface area contributed by atoms with Crippen molar-refractivity contribution in [2.75, 3.05) is 39.9 Å². The van der Waals surface area contributed by atoms with Crippen molar-refractivity contribution >= 4 is 23.4 Å². The van der Waals surface area contributed by atoms with E-state index in [9.17, 15) is 14.0 Å². The number of fused-ring (bicyclic) bond motifs is 1. The number of imidazole rings is 1. The van der Waals surface area contributed by atoms with E-state index in [1.54, 1.807) is 17.0 Å². The van der Waals surface area contributed by atoms with Crippen LogP contribution in [-0.2, 0) is 22.6 Å². The summed E-state index contributed by atoms with van der Waals surface area (Å²) in [6.45, 7) is 9.64. The molecule has 1 N–H and O–H groups in total. The molecule has 1 aromatic carbocycles. The first kappa shape index (κ1) is 25.6. The van der Waals surface area contributed by atoms with Gasteiger partial charge < -0.3 is 24.4 Å². The van der Waals surface area contributed by atoms with E-state index >= 15 is 0 Å². The molecule has 1 unspecified atom stereocenters. The Bertz CT molecular complexity index is 1110. The Morgan fingerprint density at radius 3 is 2.54 bits per heavy atom. The van der Waals surface area contributed by atoms with Crippen LogP contribution in [0.4, 0.5) is 4.39 Å². The van der Waals surface area contributed by atoms with Crippen LogP contribution in [0.1, 0.15) is 43.4 Å². The van der Waals surface area contributed by atoms with Crippen LogP contribution >= 0.6 is 11.6 Å². The summed E-state index contributed by atoms with van der Waals surface area (Å²) in [6.07, 6.45) is 0.837. The van der Waals surface area contributed by atoms with Crippen molar-refractivity contribution in [2.45, 2.75) is 46.3 Å². The summed E-state index contributed by atoms with van der Waals surface area (Å²) in [4.78, 5) is 35.5. The summed E-state index contributed by atoms with van der Waals surface area (Å²) in [5, 5.41) is 3.26. The van der Waals surface area contributed by atoms with Gasteiger partial charge in [0.15, 0.2) is 5.69 Å². The maximum Gasteiger partial charge on any atom is 0.272 e. The van der Waals surface area contributed by atoms with Gasteiger partial charge in [-0.3, -0.25) is 9.59 Å². The molecule has 0 bridgehead atoms. The molecule has 2 aliphatic rings. The number of nitrogens with zero attached hydrogens (tertiary/aromatic N) is 4. The first-order chi connectivity index (χ1) is 16.6. The van der Waals surface area contributed by atoms with Gasteiger partial charge in [0.2, 0.25) is 5.91 Å². The lowest BCUT2D eigenvalue weighted by atomic mass is 9.85. The van der Waals surface area contributed by atoms with Crippen molar-refractivity contribution < 1.29 is 18.7 Å². The lowest BCUT2D eigenvalue weighted by Crippen LogP contribution is -2.56. The van der Waals surface area contributed by atoms with Gasteiger partial charge in [0.1, 0.15) is 17.7 Å². The van der Waals surface area contributed by atoms with Crippen molar-refractivity contribution in [3.63, 3.8) is 0 Å². The third-order valence-corrected chi connectivity index (χ3v) is 6.75. The molecule has 2 aliphatic heterocycles. The molecule has 2 aromatic rings. The lowest BCUT2D eigenvalue weighted by Gasteiger charge is -2.36. The predicted octanol–water partition coefficient (Wildman–Crippen LogP) is 3.18. The van der Waals surface area contributed by atoms with Crippen molar-refractivity contribution in [3.05, 3.63) is 40.4 Å². The van der Waals surface area contributed by atoms with E-state index in [-0.39, 0.29) is 17.2 Å². The number of carbonyl (C=O) groups is 2. The summed E-state index contributed by atoms with van der Waals surface area (Å²) < 4.78 is 22.2. The minimum absolute atomic E-state index is 0.138. The van der Waals surface area contributed by atoms with Crippen molar-refractivity contribution in [3.8, 4) is 11.4 Å². The van der Waals surface area contributed by atoms with E-state index in [0.29, 0.717) is 55.9 Å². The van der Waals surface area contributed by atoms with Crippen LogP contribution in [0.3, 0.4) is 0 Å². The third kappa shape index (κ3) is 5.52. The van der Waals surface area contributed by atoms with Crippen LogP contribution in [0.15, 0.2) is 18.2 Å². The molecular formula is C25H33ClFN5O3. The number of halogens is 2. The highest BCUT2D eigenvalue weighted by atomic mass is 35.5. The Morgan fingerprint density at radius 2 is 1.89 bits per heavy atom. The SMILES string of the molecule is CN1CCCn2c(-c3ccc(Cl)cc3F)nc(C(=O)NC(C(=O)N3CCOCC3)C(C)(C)C)c2C1. The van der Waals surface area contributed by atoms with Gasteiger partial charge in [-0.2, -0.15) is 0 Å². The van der Waals surface area contributed by atoms with Crippen LogP contribution in [0.5, 0.6) is 0 Å². The second kappa shape index (κ2) is 10.2. The minimum atomic E-state index is -0.746. The highest BCUT2D eigenvalue weighted by Gasteiger charge is 2.38. The van der Waals surface area contributed by atoms with Gasteiger partial charge in [-0.1, -0.05) is 32.4 Å². The summed E-state index contributed by atoms with van der Waals surface area (Å²) in [7, 11) is 1.98. The van der Waals surface area contributed by atoms with E-state index in [1.807, 2.05) is 32.4 Å². The Kier molecular flexibility index (Phi) is 7.49. The average molecular weight is 506 g/mol. The Balaban J connectivity index is 1.71. The zero-order chi connectivity index (χ0) is 25.3. The number of aromatic nitrogens is 2. The summed E-state index contributed by atoms with van der Waals surface area (Å²) >= 11 is 5.96. The molecule has 10 heteroatoms. The Labute approximate surface area is 210 Å². The number of hydrogen-bond acceptors (Lipinski definition) is 5. The number of hydrogen-bond donors (Lipinski definition) is 1. The van der Waals surface area contributed by atoms with Crippen LogP contribution in [0, 0.1) is 11.2 Å². The maximum atomic E-state index is 14.9. The largest absolute Gasteiger partial charge is 0.378 e. The number of ether oxygens (including phenoxy) is 1. The van der Waals surface area contributed by atoms with Crippen LogP contribution in [0.2, 0.25) is 5.02 Å². The molecule has 35 heavy (non-hydrogen) atoms. The predicted molar refractivity (Wildman–Crippen MR) is 132 cm³/mol. The first-order valence-electron chi connectivity index (χ1n) is 12.0. The molecule has 0 saturated carbocycles. The highest BCUT2D eigenvalue weighted by molar-refractivity contribution is 6.30. The van der Waals surface area contributed by atoms with Gasteiger partial charge in [-0.25, -0.2) is 9.37 Å². The molecule has 3 heterocycles. The number of carbonyl (C=O) groups excluding carboxylic acids is 2. The highest BCUT2D eigenvalue weighted by Crippen LogP contribution is 2.30. The maximum absolute atomic E-state index is 14.9.